The van der Waals surface area contributed by atoms with E-state index in [1.807, 2.05) is 28.5 Å². The molecule has 10 heteroatoms. The van der Waals surface area contributed by atoms with E-state index in [-0.39, 0.29) is 12.3 Å². The first kappa shape index (κ1) is 24.3. The quantitative estimate of drug-likeness (QED) is 0.556. The van der Waals surface area contributed by atoms with Crippen molar-refractivity contribution in [3.8, 4) is 11.5 Å². The smallest absolute Gasteiger partial charge is 0.338 e. The van der Waals surface area contributed by atoms with E-state index >= 15 is 0 Å². The van der Waals surface area contributed by atoms with Gasteiger partial charge in [0.05, 0.1) is 45.1 Å². The van der Waals surface area contributed by atoms with Gasteiger partial charge in [-0.1, -0.05) is 17.8 Å². The lowest BCUT2D eigenvalue weighted by Crippen LogP contribution is -2.38. The highest BCUT2D eigenvalue weighted by molar-refractivity contribution is 8.16. The number of hydrogen-bond acceptors (Lipinski definition) is 9. The highest BCUT2D eigenvalue weighted by atomic mass is 32.2. The first-order valence-corrected chi connectivity index (χ1v) is 11.7. The van der Waals surface area contributed by atoms with Crippen LogP contribution in [0.15, 0.2) is 70.1 Å². The third kappa shape index (κ3) is 5.02. The van der Waals surface area contributed by atoms with Gasteiger partial charge in [0, 0.05) is 36.3 Å². The Morgan fingerprint density at radius 2 is 2.00 bits per heavy atom. The normalized spacial score (nSPS) is 16.8. The molecule has 9 nitrogen and oxygen atoms in total. The van der Waals surface area contributed by atoms with E-state index in [4.69, 9.17) is 14.2 Å². The highest BCUT2D eigenvalue weighted by Gasteiger charge is 2.42. The molecule has 0 bridgehead atoms. The van der Waals surface area contributed by atoms with Crippen LogP contribution in [0, 0.1) is 0 Å². The Morgan fingerprint density at radius 1 is 1.17 bits per heavy atom. The number of fused-ring (bicyclic) bond motifs is 1. The Bertz CT molecular complexity index is 1230. The number of methoxy groups -OCH3 is 3. The first-order valence-electron chi connectivity index (χ1n) is 10.9. The van der Waals surface area contributed by atoms with E-state index in [1.54, 1.807) is 45.7 Å². The Balaban J connectivity index is 1.67. The molecule has 0 radical (unpaired) electrons. The summed E-state index contributed by atoms with van der Waals surface area (Å²) in [6, 6.07) is 8.55. The van der Waals surface area contributed by atoms with Gasteiger partial charge in [-0.05, 0) is 36.1 Å². The zero-order valence-electron chi connectivity index (χ0n) is 19.9. The third-order valence-corrected chi connectivity index (χ3v) is 6.58. The number of nitrogens with zero attached hydrogens (tertiary/aromatic N) is 3. The molecular weight excluding hydrogens is 468 g/mol. The monoisotopic (exact) mass is 494 g/mol. The number of allylic oxidation sites excluding steroid dienone is 1. The number of carbonyl (C=O) groups excluding carboxylic acids is 2. The maximum atomic E-state index is 12.9. The van der Waals surface area contributed by atoms with Crippen molar-refractivity contribution in [1.29, 1.82) is 0 Å². The average Bonchev–Trinajstić information content (AvgIpc) is 3.28. The Labute approximate surface area is 207 Å². The number of aliphatic imine (C=N–C) groups is 1. The van der Waals surface area contributed by atoms with Crippen molar-refractivity contribution in [2.75, 3.05) is 21.3 Å². The summed E-state index contributed by atoms with van der Waals surface area (Å²) in [5, 5.41) is 5.49. The summed E-state index contributed by atoms with van der Waals surface area (Å²) >= 11 is 1.41. The van der Waals surface area contributed by atoms with Crippen LogP contribution in [0.4, 0.5) is 0 Å². The van der Waals surface area contributed by atoms with Crippen molar-refractivity contribution >= 4 is 28.8 Å². The minimum atomic E-state index is -0.594. The first-order chi connectivity index (χ1) is 17.0. The van der Waals surface area contributed by atoms with Crippen molar-refractivity contribution in [3.63, 3.8) is 0 Å². The number of rotatable bonds is 8. The molecule has 1 amide bonds. The van der Waals surface area contributed by atoms with Gasteiger partial charge in [-0.15, -0.1) is 0 Å². The van der Waals surface area contributed by atoms with Crippen molar-refractivity contribution < 1.29 is 23.8 Å². The molecule has 3 heterocycles. The zero-order chi connectivity index (χ0) is 24.9. The summed E-state index contributed by atoms with van der Waals surface area (Å²) in [6.07, 6.45) is 3.50. The standard InChI is InChI=1S/C25H26N4O5S/c1-15-22(24(31)34-4)23(19-8-7-18(32-2)11-20(19)33-3)29-17(14-35-25(29)28-15)10-21(30)27-13-16-6-5-9-26-12-16/h5-9,11-12,14,23H,10,13H2,1-4H3,(H,27,30)/t23-/m0/s1. The minimum absolute atomic E-state index is 0.106. The molecule has 0 spiro atoms. The number of amidine groups is 1. The van der Waals surface area contributed by atoms with Gasteiger partial charge in [-0.25, -0.2) is 9.79 Å². The summed E-state index contributed by atoms with van der Waals surface area (Å²) in [5.74, 6) is 0.512. The molecule has 0 saturated carbocycles. The summed E-state index contributed by atoms with van der Waals surface area (Å²) < 4.78 is 16.1. The van der Waals surface area contributed by atoms with Gasteiger partial charge < -0.3 is 24.4 Å². The summed E-state index contributed by atoms with van der Waals surface area (Å²) in [5.41, 5.74) is 3.28. The van der Waals surface area contributed by atoms with E-state index in [9.17, 15) is 9.59 Å². The van der Waals surface area contributed by atoms with Crippen molar-refractivity contribution in [2.24, 2.45) is 4.99 Å². The number of pyridine rings is 1. The number of aromatic nitrogens is 1. The summed E-state index contributed by atoms with van der Waals surface area (Å²) in [4.78, 5) is 36.4. The van der Waals surface area contributed by atoms with Gasteiger partial charge >= 0.3 is 5.97 Å². The van der Waals surface area contributed by atoms with Crippen LogP contribution in [-0.2, 0) is 20.9 Å². The van der Waals surface area contributed by atoms with Crippen molar-refractivity contribution in [3.05, 3.63) is 76.2 Å². The number of nitrogens with one attached hydrogen (secondary N) is 1. The average molecular weight is 495 g/mol. The molecule has 0 fully saturated rings. The number of hydrogen-bond donors (Lipinski definition) is 1. The van der Waals surface area contributed by atoms with Crippen LogP contribution in [-0.4, -0.2) is 48.3 Å². The predicted molar refractivity (Wildman–Crippen MR) is 133 cm³/mol. The van der Waals surface area contributed by atoms with E-state index < -0.39 is 12.0 Å². The molecule has 2 aliphatic heterocycles. The number of esters is 1. The van der Waals surface area contributed by atoms with Crippen molar-refractivity contribution in [1.82, 2.24) is 15.2 Å². The number of ether oxygens (including phenoxy) is 3. The topological polar surface area (TPSA) is 102 Å². The molecule has 4 rings (SSSR count). The molecule has 2 aliphatic rings. The molecule has 0 saturated heterocycles. The van der Waals surface area contributed by atoms with Crippen LogP contribution in [0.1, 0.15) is 30.5 Å². The van der Waals surface area contributed by atoms with E-state index in [1.165, 1.54) is 18.9 Å². The van der Waals surface area contributed by atoms with Gasteiger partial charge in [0.15, 0.2) is 5.17 Å². The lowest BCUT2D eigenvalue weighted by atomic mass is 9.93. The van der Waals surface area contributed by atoms with Gasteiger partial charge in [0.25, 0.3) is 0 Å². The van der Waals surface area contributed by atoms with E-state index in [2.05, 4.69) is 15.3 Å². The molecule has 0 aliphatic carbocycles. The Kier molecular flexibility index (Phi) is 7.40. The van der Waals surface area contributed by atoms with E-state index in [0.717, 1.165) is 11.1 Å². The number of benzene rings is 1. The minimum Gasteiger partial charge on any atom is -0.497 e. The Hall–Kier alpha value is -3.79. The molecular formula is C25H26N4O5S. The van der Waals surface area contributed by atoms with Gasteiger partial charge in [-0.3, -0.25) is 9.78 Å². The second-order valence-electron chi connectivity index (χ2n) is 7.81. The SMILES string of the molecule is COC(=O)C1=C(C)N=C2SC=C(CC(=O)NCc3cccnc3)N2[C@H]1c1ccc(OC)cc1OC. The third-order valence-electron chi connectivity index (χ3n) is 5.70. The summed E-state index contributed by atoms with van der Waals surface area (Å²) in [7, 11) is 4.48. The second-order valence-corrected chi connectivity index (χ2v) is 8.64. The van der Waals surface area contributed by atoms with Gasteiger partial charge in [0.2, 0.25) is 5.91 Å². The molecule has 1 N–H and O–H groups in total. The van der Waals surface area contributed by atoms with Crippen LogP contribution in [0.3, 0.4) is 0 Å². The lowest BCUT2D eigenvalue weighted by Gasteiger charge is -2.36. The number of carbonyl (C=O) groups is 2. The van der Waals surface area contributed by atoms with Crippen LogP contribution in [0.2, 0.25) is 0 Å². The highest BCUT2D eigenvalue weighted by Crippen LogP contribution is 2.47. The molecule has 1 aromatic heterocycles. The molecule has 182 valence electrons. The predicted octanol–water partition coefficient (Wildman–Crippen LogP) is 3.55. The molecule has 1 atom stereocenters. The van der Waals surface area contributed by atoms with Crippen LogP contribution >= 0.6 is 11.8 Å². The zero-order valence-corrected chi connectivity index (χ0v) is 20.7. The maximum absolute atomic E-state index is 12.9. The molecule has 0 unspecified atom stereocenters. The fourth-order valence-corrected chi connectivity index (χ4v) is 4.97. The largest absolute Gasteiger partial charge is 0.497 e. The fourth-order valence-electron chi connectivity index (χ4n) is 4.01. The molecule has 2 aromatic rings. The van der Waals surface area contributed by atoms with Crippen LogP contribution in [0.25, 0.3) is 0 Å². The second kappa shape index (κ2) is 10.6. The maximum Gasteiger partial charge on any atom is 0.338 e. The van der Waals surface area contributed by atoms with Gasteiger partial charge in [-0.2, -0.15) is 0 Å². The Morgan fingerprint density at radius 3 is 2.69 bits per heavy atom. The van der Waals surface area contributed by atoms with E-state index in [0.29, 0.717) is 40.2 Å². The van der Waals surface area contributed by atoms with Crippen molar-refractivity contribution in [2.45, 2.75) is 25.9 Å². The molecule has 35 heavy (non-hydrogen) atoms. The van der Waals surface area contributed by atoms with Gasteiger partial charge in [0.1, 0.15) is 11.5 Å². The molecule has 1 aromatic carbocycles. The lowest BCUT2D eigenvalue weighted by molar-refractivity contribution is -0.136. The fraction of sp³-hybridized carbons (Fsp3) is 0.280. The van der Waals surface area contributed by atoms with Crippen LogP contribution in [0.5, 0.6) is 11.5 Å². The summed E-state index contributed by atoms with van der Waals surface area (Å²) in [6.45, 7) is 2.15. The van der Waals surface area contributed by atoms with Crippen LogP contribution < -0.4 is 14.8 Å². The number of amides is 1. The number of thioether (sulfide) groups is 1.